The number of rotatable bonds is 4. The minimum absolute atomic E-state index is 0.296. The fourth-order valence-electron chi connectivity index (χ4n) is 2.31. The number of aromatic nitrogens is 3. The van der Waals surface area contributed by atoms with Crippen LogP contribution in [0.25, 0.3) is 5.82 Å². The number of nitrogens with one attached hydrogen (secondary N) is 1. The van der Waals surface area contributed by atoms with E-state index in [2.05, 4.69) is 15.4 Å². The molecule has 24 heavy (non-hydrogen) atoms. The maximum Gasteiger partial charge on any atom is 0.259 e. The average molecular weight is 343 g/mol. The monoisotopic (exact) mass is 342 g/mol. The second kappa shape index (κ2) is 6.72. The van der Waals surface area contributed by atoms with Crippen LogP contribution in [-0.4, -0.2) is 27.8 Å². The van der Waals surface area contributed by atoms with Crippen molar-refractivity contribution in [2.24, 2.45) is 0 Å². The van der Waals surface area contributed by atoms with Crippen LogP contribution in [0.1, 0.15) is 16.1 Å². The molecule has 0 aliphatic rings. The fourth-order valence-corrected chi connectivity index (χ4v) is 2.48. The highest BCUT2D eigenvalue weighted by Crippen LogP contribution is 2.28. The first-order valence-corrected chi connectivity index (χ1v) is 7.59. The molecule has 0 bridgehead atoms. The molecule has 0 saturated heterocycles. The van der Waals surface area contributed by atoms with Crippen LogP contribution in [-0.2, 0) is 0 Å². The van der Waals surface area contributed by atoms with Crippen molar-refractivity contribution in [3.63, 3.8) is 0 Å². The van der Waals surface area contributed by atoms with Crippen LogP contribution in [0.15, 0.2) is 48.8 Å². The lowest BCUT2D eigenvalue weighted by Crippen LogP contribution is -2.14. The van der Waals surface area contributed by atoms with Crippen LogP contribution < -0.4 is 10.1 Å². The SMILES string of the molecule is COc1ccc(Cl)cc1NC(=O)c1cnn(-c2ccccn2)c1C. The van der Waals surface area contributed by atoms with E-state index in [0.717, 1.165) is 0 Å². The van der Waals surface area contributed by atoms with Gasteiger partial charge in [0.1, 0.15) is 5.75 Å². The molecule has 2 heterocycles. The van der Waals surface area contributed by atoms with Crippen molar-refractivity contribution < 1.29 is 9.53 Å². The summed E-state index contributed by atoms with van der Waals surface area (Å²) in [4.78, 5) is 16.8. The number of nitrogens with zero attached hydrogens (tertiary/aromatic N) is 3. The molecule has 0 saturated carbocycles. The third-order valence-electron chi connectivity index (χ3n) is 3.53. The second-order valence-corrected chi connectivity index (χ2v) is 5.48. The van der Waals surface area contributed by atoms with Crippen molar-refractivity contribution in [2.75, 3.05) is 12.4 Å². The summed E-state index contributed by atoms with van der Waals surface area (Å²) in [7, 11) is 1.53. The van der Waals surface area contributed by atoms with E-state index in [9.17, 15) is 4.79 Å². The Morgan fingerprint density at radius 2 is 2.12 bits per heavy atom. The lowest BCUT2D eigenvalue weighted by molar-refractivity contribution is 0.102. The van der Waals surface area contributed by atoms with Gasteiger partial charge in [0, 0.05) is 11.2 Å². The molecule has 3 aromatic rings. The largest absolute Gasteiger partial charge is 0.495 e. The van der Waals surface area contributed by atoms with Crippen molar-refractivity contribution in [2.45, 2.75) is 6.92 Å². The van der Waals surface area contributed by atoms with Crippen LogP contribution in [0.4, 0.5) is 5.69 Å². The molecule has 0 aliphatic heterocycles. The number of pyridine rings is 1. The highest BCUT2D eigenvalue weighted by Gasteiger charge is 2.17. The van der Waals surface area contributed by atoms with Gasteiger partial charge >= 0.3 is 0 Å². The van der Waals surface area contributed by atoms with Gasteiger partial charge in [-0.1, -0.05) is 17.7 Å². The number of halogens is 1. The Kier molecular flexibility index (Phi) is 4.48. The Balaban J connectivity index is 1.89. The van der Waals surface area contributed by atoms with E-state index in [0.29, 0.717) is 33.5 Å². The number of carbonyl (C=O) groups is 1. The Morgan fingerprint density at radius 3 is 2.83 bits per heavy atom. The Morgan fingerprint density at radius 1 is 1.29 bits per heavy atom. The molecule has 2 aromatic heterocycles. The smallest absolute Gasteiger partial charge is 0.259 e. The molecule has 0 unspecified atom stereocenters. The van der Waals surface area contributed by atoms with E-state index in [1.807, 2.05) is 25.1 Å². The van der Waals surface area contributed by atoms with Crippen molar-refractivity contribution >= 4 is 23.2 Å². The number of amides is 1. The van der Waals surface area contributed by atoms with E-state index < -0.39 is 0 Å². The molecule has 0 fully saturated rings. The van der Waals surface area contributed by atoms with Crippen molar-refractivity contribution in [1.82, 2.24) is 14.8 Å². The number of methoxy groups -OCH3 is 1. The summed E-state index contributed by atoms with van der Waals surface area (Å²) < 4.78 is 6.85. The molecular formula is C17H15ClN4O2. The fraction of sp³-hybridized carbons (Fsp3) is 0.118. The lowest BCUT2D eigenvalue weighted by atomic mass is 10.2. The van der Waals surface area contributed by atoms with Gasteiger partial charge in [-0.25, -0.2) is 9.67 Å². The van der Waals surface area contributed by atoms with Crippen LogP contribution in [0.3, 0.4) is 0 Å². The number of anilines is 1. The van der Waals surface area contributed by atoms with Crippen molar-refractivity contribution in [1.29, 1.82) is 0 Å². The Labute approximate surface area is 144 Å². The molecule has 1 amide bonds. The number of hydrogen-bond acceptors (Lipinski definition) is 4. The van der Waals surface area contributed by atoms with Gasteiger partial charge in [-0.3, -0.25) is 4.79 Å². The van der Waals surface area contributed by atoms with E-state index in [1.165, 1.54) is 13.3 Å². The summed E-state index contributed by atoms with van der Waals surface area (Å²) in [6, 6.07) is 10.5. The van der Waals surface area contributed by atoms with Crippen molar-refractivity contribution in [3.8, 4) is 11.6 Å². The third kappa shape index (κ3) is 3.09. The highest BCUT2D eigenvalue weighted by atomic mass is 35.5. The quantitative estimate of drug-likeness (QED) is 0.788. The molecule has 1 N–H and O–H groups in total. The molecule has 6 nitrogen and oxygen atoms in total. The first-order chi connectivity index (χ1) is 11.6. The van der Waals surface area contributed by atoms with E-state index in [-0.39, 0.29) is 5.91 Å². The molecule has 7 heteroatoms. The van der Waals surface area contributed by atoms with Gasteiger partial charge in [0.05, 0.1) is 30.3 Å². The predicted octanol–water partition coefficient (Wildman–Crippen LogP) is 3.49. The normalized spacial score (nSPS) is 10.5. The number of ether oxygens (including phenoxy) is 1. The Bertz CT molecular complexity index is 878. The molecule has 0 spiro atoms. The van der Waals surface area contributed by atoms with Crippen LogP contribution >= 0.6 is 11.6 Å². The summed E-state index contributed by atoms with van der Waals surface area (Å²) in [6.45, 7) is 1.81. The second-order valence-electron chi connectivity index (χ2n) is 5.04. The van der Waals surface area contributed by atoms with E-state index in [4.69, 9.17) is 16.3 Å². The van der Waals surface area contributed by atoms with Gasteiger partial charge in [-0.05, 0) is 37.3 Å². The molecule has 0 radical (unpaired) electrons. The van der Waals surface area contributed by atoms with Gasteiger partial charge in [-0.15, -0.1) is 0 Å². The van der Waals surface area contributed by atoms with Gasteiger partial charge in [0.25, 0.3) is 5.91 Å². The van der Waals surface area contributed by atoms with E-state index >= 15 is 0 Å². The molecule has 0 atom stereocenters. The topological polar surface area (TPSA) is 69.0 Å². The first kappa shape index (κ1) is 16.0. The zero-order valence-electron chi connectivity index (χ0n) is 13.2. The average Bonchev–Trinajstić information content (AvgIpc) is 2.97. The minimum atomic E-state index is -0.296. The van der Waals surface area contributed by atoms with Gasteiger partial charge in [0.15, 0.2) is 5.82 Å². The predicted molar refractivity (Wildman–Crippen MR) is 92.1 cm³/mol. The summed E-state index contributed by atoms with van der Waals surface area (Å²) in [5.41, 5.74) is 1.63. The summed E-state index contributed by atoms with van der Waals surface area (Å²) in [5.74, 6) is 0.882. The minimum Gasteiger partial charge on any atom is -0.495 e. The standard InChI is InChI=1S/C17H15ClN4O2/c1-11-13(10-20-22(11)16-5-3-4-8-19-16)17(23)21-14-9-12(18)6-7-15(14)24-2/h3-10H,1-2H3,(H,21,23). The van der Waals surface area contributed by atoms with Crippen LogP contribution in [0.5, 0.6) is 5.75 Å². The number of benzene rings is 1. The van der Waals surface area contributed by atoms with Gasteiger partial charge < -0.3 is 10.1 Å². The van der Waals surface area contributed by atoms with Gasteiger partial charge in [-0.2, -0.15) is 5.10 Å². The maximum atomic E-state index is 12.6. The molecule has 3 rings (SSSR count). The zero-order chi connectivity index (χ0) is 17.1. The van der Waals surface area contributed by atoms with Crippen LogP contribution in [0.2, 0.25) is 5.02 Å². The molecule has 1 aromatic carbocycles. The molecule has 0 aliphatic carbocycles. The summed E-state index contributed by atoms with van der Waals surface area (Å²) in [6.07, 6.45) is 3.18. The molecule has 122 valence electrons. The van der Waals surface area contributed by atoms with E-state index in [1.54, 1.807) is 29.1 Å². The third-order valence-corrected chi connectivity index (χ3v) is 3.77. The summed E-state index contributed by atoms with van der Waals surface area (Å²) in [5, 5.41) is 7.55. The number of carbonyl (C=O) groups excluding carboxylic acids is 1. The zero-order valence-corrected chi connectivity index (χ0v) is 13.9. The van der Waals surface area contributed by atoms with Crippen molar-refractivity contribution in [3.05, 3.63) is 65.1 Å². The Hall–Kier alpha value is -2.86. The summed E-state index contributed by atoms with van der Waals surface area (Å²) >= 11 is 5.99. The number of hydrogen-bond donors (Lipinski definition) is 1. The lowest BCUT2D eigenvalue weighted by Gasteiger charge is -2.10. The van der Waals surface area contributed by atoms with Crippen LogP contribution in [0, 0.1) is 6.92 Å². The van der Waals surface area contributed by atoms with Gasteiger partial charge in [0.2, 0.25) is 0 Å². The first-order valence-electron chi connectivity index (χ1n) is 7.21. The molecular weight excluding hydrogens is 328 g/mol. The maximum absolute atomic E-state index is 12.6. The highest BCUT2D eigenvalue weighted by molar-refractivity contribution is 6.31.